The van der Waals surface area contributed by atoms with Gasteiger partial charge >= 0.3 is 5.97 Å². The van der Waals surface area contributed by atoms with Crippen LogP contribution in [0.3, 0.4) is 0 Å². The molecule has 0 saturated carbocycles. The molecule has 0 aliphatic carbocycles. The molecule has 180 valence electrons. The SMILES string of the molecule is CCNC(=O)CN1C(=O)[C@H](CC(=O)OC)C[C@H]1COc1ccc(-c2ccc(C(=N)N)cc2)cc1. The monoisotopic (exact) mass is 466 g/mol. The number of rotatable bonds is 10. The molecule has 1 saturated heterocycles. The van der Waals surface area contributed by atoms with Crippen molar-refractivity contribution in [3.8, 4) is 16.9 Å². The molecule has 2 atom stereocenters. The smallest absolute Gasteiger partial charge is 0.306 e. The topological polar surface area (TPSA) is 135 Å². The van der Waals surface area contributed by atoms with E-state index >= 15 is 0 Å². The number of likely N-dealkylation sites (N-methyl/N-ethyl adjacent to an activating group) is 1. The number of amidine groups is 1. The summed E-state index contributed by atoms with van der Waals surface area (Å²) in [6, 6.07) is 14.6. The van der Waals surface area contributed by atoms with Gasteiger partial charge in [0.25, 0.3) is 0 Å². The van der Waals surface area contributed by atoms with Crippen LogP contribution in [0.4, 0.5) is 0 Å². The van der Waals surface area contributed by atoms with Gasteiger partial charge < -0.3 is 25.4 Å². The number of ether oxygens (including phenoxy) is 2. The van der Waals surface area contributed by atoms with Crippen molar-refractivity contribution in [2.24, 2.45) is 11.7 Å². The van der Waals surface area contributed by atoms with Crippen molar-refractivity contribution >= 4 is 23.6 Å². The van der Waals surface area contributed by atoms with Crippen LogP contribution in [0.15, 0.2) is 48.5 Å². The third-order valence-electron chi connectivity index (χ3n) is 5.78. The fourth-order valence-corrected chi connectivity index (χ4v) is 3.98. The third-order valence-corrected chi connectivity index (χ3v) is 5.78. The number of hydrogen-bond acceptors (Lipinski definition) is 6. The average Bonchev–Trinajstić information content (AvgIpc) is 3.12. The van der Waals surface area contributed by atoms with Crippen molar-refractivity contribution in [3.63, 3.8) is 0 Å². The van der Waals surface area contributed by atoms with Crippen LogP contribution < -0.4 is 15.8 Å². The van der Waals surface area contributed by atoms with Gasteiger partial charge in [-0.2, -0.15) is 0 Å². The Bertz CT molecular complexity index is 1040. The molecule has 1 aliphatic rings. The van der Waals surface area contributed by atoms with E-state index in [1.165, 1.54) is 12.0 Å². The van der Waals surface area contributed by atoms with E-state index < -0.39 is 11.9 Å². The summed E-state index contributed by atoms with van der Waals surface area (Å²) in [7, 11) is 1.29. The van der Waals surface area contributed by atoms with Gasteiger partial charge in [0.2, 0.25) is 11.8 Å². The van der Waals surface area contributed by atoms with Gasteiger partial charge in [0.05, 0.1) is 32.0 Å². The lowest BCUT2D eigenvalue weighted by Gasteiger charge is -2.24. The Kier molecular flexibility index (Phi) is 8.24. The maximum Gasteiger partial charge on any atom is 0.306 e. The van der Waals surface area contributed by atoms with E-state index in [-0.39, 0.29) is 43.3 Å². The van der Waals surface area contributed by atoms with Gasteiger partial charge in [-0.1, -0.05) is 36.4 Å². The van der Waals surface area contributed by atoms with Gasteiger partial charge in [-0.3, -0.25) is 19.8 Å². The van der Waals surface area contributed by atoms with Crippen LogP contribution in [0.5, 0.6) is 5.75 Å². The van der Waals surface area contributed by atoms with Crippen LogP contribution in [-0.2, 0) is 19.1 Å². The molecule has 3 rings (SSSR count). The minimum Gasteiger partial charge on any atom is -0.491 e. The quantitative estimate of drug-likeness (QED) is 0.278. The number of benzene rings is 2. The molecule has 2 aromatic carbocycles. The molecule has 1 heterocycles. The number of esters is 1. The third kappa shape index (κ3) is 6.12. The van der Waals surface area contributed by atoms with Crippen LogP contribution >= 0.6 is 0 Å². The molecule has 2 amide bonds. The Labute approximate surface area is 198 Å². The van der Waals surface area contributed by atoms with Gasteiger partial charge in [-0.05, 0) is 36.6 Å². The first-order valence-electron chi connectivity index (χ1n) is 11.1. The van der Waals surface area contributed by atoms with E-state index in [0.717, 1.165) is 11.1 Å². The number of likely N-dealkylation sites (tertiary alicyclic amines) is 1. The van der Waals surface area contributed by atoms with Crippen molar-refractivity contribution < 1.29 is 23.9 Å². The maximum atomic E-state index is 12.8. The van der Waals surface area contributed by atoms with E-state index in [2.05, 4.69) is 5.32 Å². The Balaban J connectivity index is 1.66. The summed E-state index contributed by atoms with van der Waals surface area (Å²) in [4.78, 5) is 38.2. The lowest BCUT2D eigenvalue weighted by atomic mass is 10.0. The van der Waals surface area contributed by atoms with E-state index in [1.54, 1.807) is 12.1 Å². The summed E-state index contributed by atoms with van der Waals surface area (Å²) in [5, 5.41) is 10.2. The standard InChI is InChI=1S/C25H30N4O5/c1-3-28-22(30)14-29-20(12-19(25(29)32)13-23(31)33-2)15-34-21-10-8-17(9-11-21)16-4-6-18(7-5-16)24(26)27/h4-11,19-20H,3,12-15H2,1-2H3,(H3,26,27)(H,28,30)/t19-,20-/m0/s1. The first-order valence-corrected chi connectivity index (χ1v) is 11.1. The molecular formula is C25H30N4O5. The molecule has 0 bridgehead atoms. The van der Waals surface area contributed by atoms with Gasteiger partial charge in [0.1, 0.15) is 18.2 Å². The Morgan fingerprint density at radius 3 is 2.29 bits per heavy atom. The number of carbonyl (C=O) groups excluding carboxylic acids is 3. The van der Waals surface area contributed by atoms with Gasteiger partial charge in [-0.25, -0.2) is 0 Å². The number of nitrogens with zero attached hydrogens (tertiary/aromatic N) is 1. The van der Waals surface area contributed by atoms with Crippen LogP contribution in [0.2, 0.25) is 0 Å². The Morgan fingerprint density at radius 2 is 1.74 bits per heavy atom. The normalized spacial score (nSPS) is 17.4. The summed E-state index contributed by atoms with van der Waals surface area (Å²) < 4.78 is 10.7. The minimum absolute atomic E-state index is 0.0190. The lowest BCUT2D eigenvalue weighted by molar-refractivity contribution is -0.145. The number of nitrogens with two attached hydrogens (primary N) is 1. The molecule has 4 N–H and O–H groups in total. The molecule has 34 heavy (non-hydrogen) atoms. The highest BCUT2D eigenvalue weighted by atomic mass is 16.5. The largest absolute Gasteiger partial charge is 0.491 e. The first kappa shape index (κ1) is 24.8. The molecule has 2 aromatic rings. The molecule has 9 nitrogen and oxygen atoms in total. The van der Waals surface area contributed by atoms with Crippen LogP contribution in [0.25, 0.3) is 11.1 Å². The zero-order chi connectivity index (χ0) is 24.7. The summed E-state index contributed by atoms with van der Waals surface area (Å²) in [6.45, 7) is 2.41. The molecule has 0 radical (unpaired) electrons. The predicted octanol–water partition coefficient (Wildman–Crippen LogP) is 1.93. The molecule has 0 unspecified atom stereocenters. The second kappa shape index (κ2) is 11.3. The first-order chi connectivity index (χ1) is 16.3. The number of hydrogen-bond donors (Lipinski definition) is 3. The van der Waals surface area contributed by atoms with E-state index in [0.29, 0.717) is 24.3 Å². The number of carbonyl (C=O) groups is 3. The maximum absolute atomic E-state index is 12.8. The number of nitrogens with one attached hydrogen (secondary N) is 2. The summed E-state index contributed by atoms with van der Waals surface area (Å²) in [5.74, 6) is -0.823. The highest BCUT2D eigenvalue weighted by molar-refractivity contribution is 5.95. The Morgan fingerprint density at radius 1 is 1.12 bits per heavy atom. The van der Waals surface area contributed by atoms with E-state index in [4.69, 9.17) is 20.6 Å². The van der Waals surface area contributed by atoms with E-state index in [9.17, 15) is 14.4 Å². The van der Waals surface area contributed by atoms with E-state index in [1.807, 2.05) is 43.3 Å². The van der Waals surface area contributed by atoms with Crippen LogP contribution in [-0.4, -0.2) is 61.4 Å². The molecule has 0 aromatic heterocycles. The molecular weight excluding hydrogens is 436 g/mol. The number of amides is 2. The lowest BCUT2D eigenvalue weighted by Crippen LogP contribution is -2.44. The zero-order valence-electron chi connectivity index (χ0n) is 19.4. The second-order valence-electron chi connectivity index (χ2n) is 8.11. The zero-order valence-corrected chi connectivity index (χ0v) is 19.4. The predicted molar refractivity (Wildman–Crippen MR) is 127 cm³/mol. The minimum atomic E-state index is -0.532. The van der Waals surface area contributed by atoms with Crippen molar-refractivity contribution in [1.82, 2.24) is 10.2 Å². The van der Waals surface area contributed by atoms with Crippen LogP contribution in [0, 0.1) is 11.3 Å². The fourth-order valence-electron chi connectivity index (χ4n) is 3.98. The highest BCUT2D eigenvalue weighted by Gasteiger charge is 2.41. The summed E-state index contributed by atoms with van der Waals surface area (Å²) in [6.07, 6.45) is 0.392. The van der Waals surface area contributed by atoms with Crippen molar-refractivity contribution in [2.75, 3.05) is 26.8 Å². The molecule has 1 fully saturated rings. The summed E-state index contributed by atoms with van der Waals surface area (Å²) >= 11 is 0. The number of methoxy groups -OCH3 is 1. The average molecular weight is 467 g/mol. The van der Waals surface area contributed by atoms with Gasteiger partial charge in [0, 0.05) is 12.1 Å². The van der Waals surface area contributed by atoms with Crippen LogP contribution in [0.1, 0.15) is 25.3 Å². The van der Waals surface area contributed by atoms with Gasteiger partial charge in [0.15, 0.2) is 0 Å². The van der Waals surface area contributed by atoms with Crippen molar-refractivity contribution in [2.45, 2.75) is 25.8 Å². The van der Waals surface area contributed by atoms with Crippen molar-refractivity contribution in [1.29, 1.82) is 5.41 Å². The highest BCUT2D eigenvalue weighted by Crippen LogP contribution is 2.29. The fraction of sp³-hybridized carbons (Fsp3) is 0.360. The molecule has 0 spiro atoms. The second-order valence-corrected chi connectivity index (χ2v) is 8.11. The molecule has 1 aliphatic heterocycles. The van der Waals surface area contributed by atoms with Gasteiger partial charge in [-0.15, -0.1) is 0 Å². The number of nitrogen functional groups attached to an aromatic ring is 1. The summed E-state index contributed by atoms with van der Waals surface area (Å²) in [5.41, 5.74) is 8.13. The molecule has 9 heteroatoms. The Hall–Kier alpha value is -3.88. The van der Waals surface area contributed by atoms with Crippen molar-refractivity contribution in [3.05, 3.63) is 54.1 Å².